The molecule has 0 spiro atoms. The van der Waals surface area contributed by atoms with Crippen molar-refractivity contribution >= 4 is 17.6 Å². The van der Waals surface area contributed by atoms with E-state index in [0.29, 0.717) is 6.10 Å². The van der Waals surface area contributed by atoms with Gasteiger partial charge in [0.25, 0.3) is 0 Å². The van der Waals surface area contributed by atoms with Gasteiger partial charge in [0.15, 0.2) is 5.84 Å². The van der Waals surface area contributed by atoms with Gasteiger partial charge in [-0.05, 0) is 37.5 Å². The normalized spacial score (nSPS) is 20.3. The number of benzene rings is 1. The number of amidine groups is 1. The monoisotopic (exact) mass is 266 g/mol. The molecular weight excluding hydrogens is 248 g/mol. The highest BCUT2D eigenvalue weighted by Crippen LogP contribution is 2.27. The average Bonchev–Trinajstić information content (AvgIpc) is 2.88. The zero-order valence-electron chi connectivity index (χ0n) is 10.4. The summed E-state index contributed by atoms with van der Waals surface area (Å²) in [7, 11) is 0. The third-order valence-electron chi connectivity index (χ3n) is 2.97. The second-order valence-electron chi connectivity index (χ2n) is 4.43. The lowest BCUT2D eigenvalue weighted by Gasteiger charge is -2.12. The first-order valence-corrected chi connectivity index (χ1v) is 7.02. The van der Waals surface area contributed by atoms with Crippen LogP contribution in [0.25, 0.3) is 0 Å². The number of hydrogen-bond donors (Lipinski definition) is 2. The maximum Gasteiger partial charge on any atom is 0.171 e. The van der Waals surface area contributed by atoms with Crippen LogP contribution >= 0.6 is 11.8 Å². The minimum Gasteiger partial charge on any atom is -0.409 e. The Morgan fingerprint density at radius 2 is 2.44 bits per heavy atom. The van der Waals surface area contributed by atoms with Crippen LogP contribution in [0.4, 0.5) is 0 Å². The molecule has 1 heterocycles. The topological polar surface area (TPSA) is 67.8 Å². The fourth-order valence-corrected chi connectivity index (χ4v) is 3.20. The molecule has 1 saturated heterocycles. The summed E-state index contributed by atoms with van der Waals surface area (Å²) in [4.78, 5) is 1.04. The number of hydrogen-bond acceptors (Lipinski definition) is 4. The number of ether oxygens (including phenoxy) is 1. The maximum atomic E-state index is 8.79. The van der Waals surface area contributed by atoms with Crippen molar-refractivity contribution in [1.29, 1.82) is 0 Å². The molecule has 0 aromatic heterocycles. The third-order valence-corrected chi connectivity index (χ3v) is 4.16. The molecule has 1 fully saturated rings. The molecule has 0 radical (unpaired) electrons. The van der Waals surface area contributed by atoms with Crippen molar-refractivity contribution in [3.05, 3.63) is 29.3 Å². The molecule has 1 atom stereocenters. The van der Waals surface area contributed by atoms with Crippen LogP contribution in [0.2, 0.25) is 0 Å². The summed E-state index contributed by atoms with van der Waals surface area (Å²) in [5.41, 5.74) is 7.63. The first kappa shape index (κ1) is 13.2. The van der Waals surface area contributed by atoms with Crippen LogP contribution in [-0.2, 0) is 4.74 Å². The van der Waals surface area contributed by atoms with Gasteiger partial charge in [-0.15, -0.1) is 11.8 Å². The van der Waals surface area contributed by atoms with Gasteiger partial charge in [0.05, 0.1) is 6.10 Å². The summed E-state index contributed by atoms with van der Waals surface area (Å²) >= 11 is 1.71. The van der Waals surface area contributed by atoms with Crippen LogP contribution in [0.5, 0.6) is 0 Å². The molecule has 5 heteroatoms. The van der Waals surface area contributed by atoms with Gasteiger partial charge in [-0.3, -0.25) is 0 Å². The SMILES string of the molecule is Cc1ccc(/C(N)=N/O)c(SCC2CCCO2)c1. The van der Waals surface area contributed by atoms with E-state index in [4.69, 9.17) is 15.7 Å². The van der Waals surface area contributed by atoms with Crippen molar-refractivity contribution in [1.82, 2.24) is 0 Å². The standard InChI is InChI=1S/C13H18N2O2S/c1-9-4-5-11(13(14)15-16)12(7-9)18-8-10-3-2-6-17-10/h4-5,7,10,16H,2-3,6,8H2,1H3,(H2,14,15). The number of thioether (sulfide) groups is 1. The second kappa shape index (κ2) is 6.11. The second-order valence-corrected chi connectivity index (χ2v) is 5.49. The molecular formula is C13H18N2O2S. The smallest absolute Gasteiger partial charge is 0.171 e. The van der Waals surface area contributed by atoms with Gasteiger partial charge in [-0.2, -0.15) is 0 Å². The summed E-state index contributed by atoms with van der Waals surface area (Å²) in [6, 6.07) is 5.92. The predicted molar refractivity (Wildman–Crippen MR) is 73.4 cm³/mol. The molecule has 0 bridgehead atoms. The lowest BCUT2D eigenvalue weighted by atomic mass is 10.1. The molecule has 0 amide bonds. The van der Waals surface area contributed by atoms with Gasteiger partial charge in [0, 0.05) is 22.8 Å². The van der Waals surface area contributed by atoms with Crippen LogP contribution in [0, 0.1) is 6.92 Å². The zero-order chi connectivity index (χ0) is 13.0. The summed E-state index contributed by atoms with van der Waals surface area (Å²) in [6.07, 6.45) is 2.60. The third kappa shape index (κ3) is 3.17. The summed E-state index contributed by atoms with van der Waals surface area (Å²) < 4.78 is 5.60. The predicted octanol–water partition coefficient (Wildman–Crippen LogP) is 2.36. The number of nitrogens with zero attached hydrogens (tertiary/aromatic N) is 1. The molecule has 0 saturated carbocycles. The van der Waals surface area contributed by atoms with Crippen molar-refractivity contribution in [2.24, 2.45) is 10.9 Å². The Morgan fingerprint density at radius 1 is 1.61 bits per heavy atom. The van der Waals surface area contributed by atoms with Crippen LogP contribution in [0.3, 0.4) is 0 Å². The highest BCUT2D eigenvalue weighted by Gasteiger charge is 2.17. The van der Waals surface area contributed by atoms with E-state index in [1.54, 1.807) is 11.8 Å². The minimum atomic E-state index is 0.157. The molecule has 0 aliphatic carbocycles. The lowest BCUT2D eigenvalue weighted by molar-refractivity contribution is 0.129. The maximum absolute atomic E-state index is 8.79. The molecule has 1 aliphatic rings. The van der Waals surface area contributed by atoms with Gasteiger partial charge in [-0.1, -0.05) is 11.2 Å². The zero-order valence-corrected chi connectivity index (χ0v) is 11.2. The van der Waals surface area contributed by atoms with Crippen LogP contribution in [0.15, 0.2) is 28.3 Å². The number of rotatable bonds is 4. The Morgan fingerprint density at radius 3 is 3.11 bits per heavy atom. The fourth-order valence-electron chi connectivity index (χ4n) is 1.97. The Hall–Kier alpha value is -1.20. The first-order valence-electron chi connectivity index (χ1n) is 6.03. The van der Waals surface area contributed by atoms with Crippen LogP contribution in [-0.4, -0.2) is 29.5 Å². The van der Waals surface area contributed by atoms with E-state index in [1.807, 2.05) is 19.1 Å². The molecule has 1 aromatic carbocycles. The largest absolute Gasteiger partial charge is 0.409 e. The molecule has 1 aromatic rings. The Balaban J connectivity index is 2.11. The van der Waals surface area contributed by atoms with Crippen molar-refractivity contribution in [2.45, 2.75) is 30.8 Å². The molecule has 1 aliphatic heterocycles. The summed E-state index contributed by atoms with van der Waals surface area (Å²) in [5.74, 6) is 1.07. The van der Waals surface area contributed by atoms with Gasteiger partial charge in [0.2, 0.25) is 0 Å². The van der Waals surface area contributed by atoms with Crippen molar-refractivity contribution in [3.63, 3.8) is 0 Å². The highest BCUT2D eigenvalue weighted by atomic mass is 32.2. The van der Waals surface area contributed by atoms with Gasteiger partial charge < -0.3 is 15.7 Å². The number of oxime groups is 1. The fraction of sp³-hybridized carbons (Fsp3) is 0.462. The van der Waals surface area contributed by atoms with Crippen molar-refractivity contribution < 1.29 is 9.94 Å². The number of nitrogens with two attached hydrogens (primary N) is 1. The van der Waals surface area contributed by atoms with Crippen LogP contribution < -0.4 is 5.73 Å². The van der Waals surface area contributed by atoms with E-state index < -0.39 is 0 Å². The Bertz CT molecular complexity index is 443. The van der Waals surface area contributed by atoms with E-state index in [9.17, 15) is 0 Å². The molecule has 2 rings (SSSR count). The molecule has 4 nitrogen and oxygen atoms in total. The van der Waals surface area contributed by atoms with Crippen molar-refractivity contribution in [2.75, 3.05) is 12.4 Å². The average molecular weight is 266 g/mol. The van der Waals surface area contributed by atoms with E-state index >= 15 is 0 Å². The first-order chi connectivity index (χ1) is 8.70. The minimum absolute atomic E-state index is 0.157. The molecule has 3 N–H and O–H groups in total. The van der Waals surface area contributed by atoms with Gasteiger partial charge in [0.1, 0.15) is 0 Å². The Kier molecular flexibility index (Phi) is 4.49. The van der Waals surface area contributed by atoms with E-state index in [1.165, 1.54) is 5.56 Å². The van der Waals surface area contributed by atoms with E-state index in [-0.39, 0.29) is 5.84 Å². The number of aryl methyl sites for hydroxylation is 1. The molecule has 98 valence electrons. The lowest BCUT2D eigenvalue weighted by Crippen LogP contribution is -2.15. The summed E-state index contributed by atoms with van der Waals surface area (Å²) in [5, 5.41) is 11.9. The van der Waals surface area contributed by atoms with E-state index in [0.717, 1.165) is 35.7 Å². The highest BCUT2D eigenvalue weighted by molar-refractivity contribution is 7.99. The van der Waals surface area contributed by atoms with Crippen LogP contribution in [0.1, 0.15) is 24.0 Å². The molecule has 18 heavy (non-hydrogen) atoms. The summed E-state index contributed by atoms with van der Waals surface area (Å²) in [6.45, 7) is 2.90. The quantitative estimate of drug-likeness (QED) is 0.289. The van der Waals surface area contributed by atoms with Gasteiger partial charge >= 0.3 is 0 Å². The van der Waals surface area contributed by atoms with E-state index in [2.05, 4.69) is 11.2 Å². The molecule has 1 unspecified atom stereocenters. The van der Waals surface area contributed by atoms with Crippen molar-refractivity contribution in [3.8, 4) is 0 Å². The Labute approximate surface area is 111 Å². The van der Waals surface area contributed by atoms with Gasteiger partial charge in [-0.25, -0.2) is 0 Å².